The second-order valence-electron chi connectivity index (χ2n) is 5.60. The average molecular weight is 287 g/mol. The summed E-state index contributed by atoms with van der Waals surface area (Å²) in [5, 5.41) is 8.18. The summed E-state index contributed by atoms with van der Waals surface area (Å²) in [6.45, 7) is 1.70. The number of hydrogen-bond acceptors (Lipinski definition) is 4. The maximum atomic E-state index is 12.6. The van der Waals surface area contributed by atoms with Crippen molar-refractivity contribution in [3.8, 4) is 0 Å². The third-order valence-corrected chi connectivity index (χ3v) is 4.16. The molecule has 1 aromatic heterocycles. The molecule has 0 radical (unpaired) electrons. The van der Waals surface area contributed by atoms with Gasteiger partial charge in [0, 0.05) is 24.5 Å². The molecular formula is C16H21N3O2. The van der Waals surface area contributed by atoms with Gasteiger partial charge in [-0.05, 0) is 38.4 Å². The summed E-state index contributed by atoms with van der Waals surface area (Å²) >= 11 is 0. The molecule has 21 heavy (non-hydrogen) atoms. The van der Waals surface area contributed by atoms with Gasteiger partial charge in [0.25, 0.3) is 0 Å². The Kier molecular flexibility index (Phi) is 4.20. The van der Waals surface area contributed by atoms with Crippen LogP contribution in [0.4, 0.5) is 0 Å². The smallest absolute Gasteiger partial charge is 0.229 e. The molecule has 5 heteroatoms. The Morgan fingerprint density at radius 3 is 3.14 bits per heavy atom. The second kappa shape index (κ2) is 6.26. The number of amides is 1. The predicted molar refractivity (Wildman–Crippen MR) is 81.0 cm³/mol. The summed E-state index contributed by atoms with van der Waals surface area (Å²) in [6, 6.07) is 7.98. The van der Waals surface area contributed by atoms with Crippen molar-refractivity contribution < 1.29 is 9.32 Å². The number of benzene rings is 1. The van der Waals surface area contributed by atoms with E-state index in [-0.39, 0.29) is 5.91 Å². The minimum absolute atomic E-state index is 0.147. The molecule has 1 aliphatic rings. The summed E-state index contributed by atoms with van der Waals surface area (Å²) in [7, 11) is 1.93. The summed E-state index contributed by atoms with van der Waals surface area (Å²) in [6.07, 6.45) is 3.68. The number of carbonyl (C=O) groups excluding carboxylic acids is 1. The zero-order chi connectivity index (χ0) is 14.7. The van der Waals surface area contributed by atoms with Crippen LogP contribution in [0.15, 0.2) is 28.8 Å². The van der Waals surface area contributed by atoms with Gasteiger partial charge in [0.05, 0.1) is 6.42 Å². The molecule has 1 aromatic carbocycles. The number of nitrogens with one attached hydrogen (secondary N) is 1. The van der Waals surface area contributed by atoms with Crippen LogP contribution in [0.5, 0.6) is 0 Å². The van der Waals surface area contributed by atoms with Crippen LogP contribution in [0, 0.1) is 0 Å². The lowest BCUT2D eigenvalue weighted by Gasteiger charge is -2.35. The van der Waals surface area contributed by atoms with Crippen LogP contribution in [0.1, 0.15) is 25.0 Å². The van der Waals surface area contributed by atoms with E-state index in [4.69, 9.17) is 4.52 Å². The van der Waals surface area contributed by atoms with Crippen LogP contribution < -0.4 is 5.32 Å². The lowest BCUT2D eigenvalue weighted by molar-refractivity contribution is -0.134. The van der Waals surface area contributed by atoms with E-state index >= 15 is 0 Å². The molecule has 112 valence electrons. The number of likely N-dealkylation sites (N-methyl/N-ethyl adjacent to an activating group) is 1. The number of carbonyl (C=O) groups is 1. The number of aromatic nitrogens is 1. The SMILES string of the molecule is CNCC1CCCCN1C(=O)Cc1noc2ccccc12. The van der Waals surface area contributed by atoms with Crippen LogP contribution in [0.3, 0.4) is 0 Å². The van der Waals surface area contributed by atoms with Gasteiger partial charge in [0.1, 0.15) is 5.69 Å². The minimum atomic E-state index is 0.147. The van der Waals surface area contributed by atoms with Crippen molar-refractivity contribution in [1.29, 1.82) is 0 Å². The summed E-state index contributed by atoms with van der Waals surface area (Å²) < 4.78 is 5.28. The fourth-order valence-corrected chi connectivity index (χ4v) is 3.09. The molecule has 0 bridgehead atoms. The fraction of sp³-hybridized carbons (Fsp3) is 0.500. The number of nitrogens with zero attached hydrogens (tertiary/aromatic N) is 2. The largest absolute Gasteiger partial charge is 0.356 e. The first-order valence-corrected chi connectivity index (χ1v) is 7.57. The molecule has 1 unspecified atom stereocenters. The highest BCUT2D eigenvalue weighted by Crippen LogP contribution is 2.21. The highest BCUT2D eigenvalue weighted by Gasteiger charge is 2.27. The number of fused-ring (bicyclic) bond motifs is 1. The van der Waals surface area contributed by atoms with E-state index in [2.05, 4.69) is 10.5 Å². The Morgan fingerprint density at radius 2 is 2.29 bits per heavy atom. The molecule has 1 N–H and O–H groups in total. The molecule has 1 amide bonds. The summed E-state index contributed by atoms with van der Waals surface area (Å²) in [4.78, 5) is 14.6. The standard InChI is InChI=1S/C16H21N3O2/c1-17-11-12-6-4-5-9-19(12)16(20)10-14-13-7-2-3-8-15(13)21-18-14/h2-3,7-8,12,17H,4-6,9-11H2,1H3. The van der Waals surface area contributed by atoms with Crippen LogP contribution in [-0.4, -0.2) is 42.1 Å². The molecule has 1 atom stereocenters. The maximum absolute atomic E-state index is 12.6. The molecule has 3 rings (SSSR count). The molecule has 1 saturated heterocycles. The van der Waals surface area contributed by atoms with Gasteiger partial charge in [-0.15, -0.1) is 0 Å². The Labute approximate surface area is 124 Å². The van der Waals surface area contributed by atoms with Crippen LogP contribution >= 0.6 is 0 Å². The highest BCUT2D eigenvalue weighted by atomic mass is 16.5. The minimum Gasteiger partial charge on any atom is -0.356 e. The van der Waals surface area contributed by atoms with Gasteiger partial charge in [-0.1, -0.05) is 17.3 Å². The Morgan fingerprint density at radius 1 is 1.43 bits per heavy atom. The van der Waals surface area contributed by atoms with E-state index in [1.165, 1.54) is 6.42 Å². The number of piperidine rings is 1. The highest BCUT2D eigenvalue weighted by molar-refractivity contribution is 5.86. The van der Waals surface area contributed by atoms with Crippen LogP contribution in [-0.2, 0) is 11.2 Å². The molecule has 0 saturated carbocycles. The molecule has 1 aliphatic heterocycles. The quantitative estimate of drug-likeness (QED) is 0.934. The second-order valence-corrected chi connectivity index (χ2v) is 5.60. The van der Waals surface area contributed by atoms with Crippen molar-refractivity contribution in [2.45, 2.75) is 31.7 Å². The van der Waals surface area contributed by atoms with Crippen LogP contribution in [0.25, 0.3) is 11.0 Å². The van der Waals surface area contributed by atoms with Crippen molar-refractivity contribution in [1.82, 2.24) is 15.4 Å². The monoisotopic (exact) mass is 287 g/mol. The number of rotatable bonds is 4. The van der Waals surface area contributed by atoms with Gasteiger partial charge in [0.2, 0.25) is 5.91 Å². The predicted octanol–water partition coefficient (Wildman–Crippen LogP) is 1.97. The molecule has 0 spiro atoms. The normalized spacial score (nSPS) is 19.1. The van der Waals surface area contributed by atoms with E-state index in [9.17, 15) is 4.79 Å². The van der Waals surface area contributed by atoms with Crippen LogP contribution in [0.2, 0.25) is 0 Å². The maximum Gasteiger partial charge on any atom is 0.229 e. The first-order valence-electron chi connectivity index (χ1n) is 7.57. The zero-order valence-corrected chi connectivity index (χ0v) is 12.3. The third kappa shape index (κ3) is 2.93. The van der Waals surface area contributed by atoms with E-state index in [0.717, 1.165) is 42.6 Å². The first-order chi connectivity index (χ1) is 10.3. The average Bonchev–Trinajstić information content (AvgIpc) is 2.91. The summed E-state index contributed by atoms with van der Waals surface area (Å²) in [5.74, 6) is 0.147. The van der Waals surface area contributed by atoms with Gasteiger partial charge in [0.15, 0.2) is 5.58 Å². The van der Waals surface area contributed by atoms with E-state index in [1.807, 2.05) is 36.2 Å². The Balaban J connectivity index is 1.75. The number of hydrogen-bond donors (Lipinski definition) is 1. The Bertz CT molecular complexity index is 621. The number of para-hydroxylation sites is 1. The molecular weight excluding hydrogens is 266 g/mol. The lowest BCUT2D eigenvalue weighted by atomic mass is 10.0. The molecule has 1 fully saturated rings. The van der Waals surface area contributed by atoms with Crippen molar-refractivity contribution in [3.05, 3.63) is 30.0 Å². The fourth-order valence-electron chi connectivity index (χ4n) is 3.09. The van der Waals surface area contributed by atoms with Gasteiger partial charge in [-0.3, -0.25) is 4.79 Å². The Hall–Kier alpha value is -1.88. The molecule has 2 aromatic rings. The van der Waals surface area contributed by atoms with Crippen molar-refractivity contribution in [2.75, 3.05) is 20.1 Å². The summed E-state index contributed by atoms with van der Waals surface area (Å²) in [5.41, 5.74) is 1.48. The molecule has 0 aliphatic carbocycles. The van der Waals surface area contributed by atoms with E-state index < -0.39 is 0 Å². The molecule has 5 nitrogen and oxygen atoms in total. The van der Waals surface area contributed by atoms with Crippen molar-refractivity contribution in [2.24, 2.45) is 0 Å². The van der Waals surface area contributed by atoms with Gasteiger partial charge < -0.3 is 14.7 Å². The lowest BCUT2D eigenvalue weighted by Crippen LogP contribution is -2.48. The van der Waals surface area contributed by atoms with Gasteiger partial charge in [-0.2, -0.15) is 0 Å². The van der Waals surface area contributed by atoms with Crippen molar-refractivity contribution >= 4 is 16.9 Å². The van der Waals surface area contributed by atoms with E-state index in [1.54, 1.807) is 0 Å². The third-order valence-electron chi connectivity index (χ3n) is 4.16. The van der Waals surface area contributed by atoms with E-state index in [0.29, 0.717) is 12.5 Å². The topological polar surface area (TPSA) is 58.4 Å². The zero-order valence-electron chi connectivity index (χ0n) is 12.3. The molecule has 2 heterocycles. The van der Waals surface area contributed by atoms with Crippen molar-refractivity contribution in [3.63, 3.8) is 0 Å². The first kappa shape index (κ1) is 14.1. The van der Waals surface area contributed by atoms with Gasteiger partial charge >= 0.3 is 0 Å². The number of likely N-dealkylation sites (tertiary alicyclic amines) is 1. The van der Waals surface area contributed by atoms with Gasteiger partial charge in [-0.25, -0.2) is 0 Å².